The smallest absolute Gasteiger partial charge is 0.421 e. The summed E-state index contributed by atoms with van der Waals surface area (Å²) in [6.07, 6.45) is -2.20. The number of hydrogen-bond donors (Lipinski definition) is 1. The van der Waals surface area contributed by atoms with Crippen molar-refractivity contribution in [2.24, 2.45) is 10.9 Å². The predicted molar refractivity (Wildman–Crippen MR) is 103 cm³/mol. The van der Waals surface area contributed by atoms with Crippen LogP contribution in [0, 0.1) is 5.92 Å². The molecular weight excluding hydrogens is 464 g/mol. The van der Waals surface area contributed by atoms with E-state index in [1.165, 1.54) is 12.3 Å². The van der Waals surface area contributed by atoms with Gasteiger partial charge in [-0.15, -0.1) is 24.0 Å². The van der Waals surface area contributed by atoms with Crippen LogP contribution in [0.25, 0.3) is 0 Å². The van der Waals surface area contributed by atoms with Crippen molar-refractivity contribution in [3.8, 4) is 5.88 Å². The molecule has 26 heavy (non-hydrogen) atoms. The van der Waals surface area contributed by atoms with Crippen molar-refractivity contribution in [3.63, 3.8) is 0 Å². The summed E-state index contributed by atoms with van der Waals surface area (Å²) < 4.78 is 49.1. The quantitative estimate of drug-likeness (QED) is 0.289. The van der Waals surface area contributed by atoms with E-state index in [2.05, 4.69) is 15.3 Å². The molecule has 0 amide bonds. The monoisotopic (exact) mass is 488 g/mol. The van der Waals surface area contributed by atoms with Crippen LogP contribution in [0.2, 0.25) is 0 Å². The van der Waals surface area contributed by atoms with Gasteiger partial charge in [-0.3, -0.25) is 4.99 Å². The highest BCUT2D eigenvalue weighted by Gasteiger charge is 2.35. The van der Waals surface area contributed by atoms with Crippen molar-refractivity contribution in [1.29, 1.82) is 0 Å². The maximum absolute atomic E-state index is 12.9. The highest BCUT2D eigenvalue weighted by molar-refractivity contribution is 14.0. The molecule has 10 heteroatoms. The first-order chi connectivity index (χ1) is 11.9. The summed E-state index contributed by atoms with van der Waals surface area (Å²) in [4.78, 5) is 9.81. The maximum atomic E-state index is 12.9. The SMILES string of the molecule is CN=C(NCCOc1ncccc1C(F)(F)F)N(C)CC1CCOC1.I. The van der Waals surface area contributed by atoms with Crippen LogP contribution < -0.4 is 10.1 Å². The van der Waals surface area contributed by atoms with Crippen LogP contribution >= 0.6 is 24.0 Å². The summed E-state index contributed by atoms with van der Waals surface area (Å²) in [6, 6.07) is 2.18. The number of aromatic nitrogens is 1. The molecule has 0 bridgehead atoms. The Labute approximate surface area is 168 Å². The van der Waals surface area contributed by atoms with E-state index in [1.54, 1.807) is 7.05 Å². The van der Waals surface area contributed by atoms with E-state index in [-0.39, 0.29) is 30.6 Å². The molecule has 1 aromatic rings. The molecule has 1 saturated heterocycles. The first kappa shape index (κ1) is 22.7. The van der Waals surface area contributed by atoms with Crippen molar-refractivity contribution >= 4 is 29.9 Å². The Hall–Kier alpha value is -1.30. The van der Waals surface area contributed by atoms with Crippen LogP contribution in [-0.4, -0.2) is 62.8 Å². The molecular formula is C16H24F3IN4O2. The van der Waals surface area contributed by atoms with Crippen molar-refractivity contribution in [1.82, 2.24) is 15.2 Å². The van der Waals surface area contributed by atoms with E-state index in [0.717, 1.165) is 32.2 Å². The second kappa shape index (κ2) is 10.8. The molecule has 1 aliphatic heterocycles. The van der Waals surface area contributed by atoms with E-state index in [1.807, 2.05) is 11.9 Å². The minimum atomic E-state index is -4.49. The molecule has 0 radical (unpaired) electrons. The summed E-state index contributed by atoms with van der Waals surface area (Å²) in [6.45, 7) is 2.68. The number of aliphatic imine (C=N–C) groups is 1. The number of hydrogen-bond acceptors (Lipinski definition) is 4. The number of ether oxygens (including phenoxy) is 2. The lowest BCUT2D eigenvalue weighted by Gasteiger charge is -2.24. The molecule has 1 aliphatic rings. The van der Waals surface area contributed by atoms with Crippen molar-refractivity contribution in [2.45, 2.75) is 12.6 Å². The zero-order valence-electron chi connectivity index (χ0n) is 14.8. The van der Waals surface area contributed by atoms with Gasteiger partial charge in [0.25, 0.3) is 0 Å². The fourth-order valence-electron chi connectivity index (χ4n) is 2.62. The Morgan fingerprint density at radius 1 is 1.50 bits per heavy atom. The third-order valence-electron chi connectivity index (χ3n) is 3.83. The summed E-state index contributed by atoms with van der Waals surface area (Å²) in [5.74, 6) is 0.707. The number of pyridine rings is 1. The zero-order chi connectivity index (χ0) is 18.3. The molecule has 0 saturated carbocycles. The molecule has 0 spiro atoms. The largest absolute Gasteiger partial charge is 0.475 e. The normalized spacial score (nSPS) is 17.6. The van der Waals surface area contributed by atoms with Gasteiger partial charge in [0.15, 0.2) is 5.96 Å². The van der Waals surface area contributed by atoms with Gasteiger partial charge in [0, 0.05) is 39.4 Å². The number of nitrogens with one attached hydrogen (secondary N) is 1. The van der Waals surface area contributed by atoms with E-state index >= 15 is 0 Å². The fraction of sp³-hybridized carbons (Fsp3) is 0.625. The van der Waals surface area contributed by atoms with Gasteiger partial charge < -0.3 is 19.7 Å². The number of alkyl halides is 3. The van der Waals surface area contributed by atoms with Gasteiger partial charge in [0.2, 0.25) is 5.88 Å². The van der Waals surface area contributed by atoms with Gasteiger partial charge in [-0.2, -0.15) is 13.2 Å². The highest BCUT2D eigenvalue weighted by Crippen LogP contribution is 2.34. The summed E-state index contributed by atoms with van der Waals surface area (Å²) in [5, 5.41) is 3.07. The first-order valence-electron chi connectivity index (χ1n) is 8.06. The third kappa shape index (κ3) is 6.78. The van der Waals surface area contributed by atoms with Crippen LogP contribution in [0.1, 0.15) is 12.0 Å². The lowest BCUT2D eigenvalue weighted by Crippen LogP contribution is -2.42. The average Bonchev–Trinajstić information content (AvgIpc) is 3.07. The Morgan fingerprint density at radius 3 is 2.88 bits per heavy atom. The van der Waals surface area contributed by atoms with Crippen LogP contribution in [0.5, 0.6) is 5.88 Å². The van der Waals surface area contributed by atoms with E-state index < -0.39 is 17.6 Å². The van der Waals surface area contributed by atoms with Crippen molar-refractivity contribution in [2.75, 3.05) is 47.0 Å². The minimum absolute atomic E-state index is 0. The van der Waals surface area contributed by atoms with Crippen LogP contribution in [0.15, 0.2) is 23.3 Å². The summed E-state index contributed by atoms with van der Waals surface area (Å²) in [7, 11) is 3.57. The van der Waals surface area contributed by atoms with Gasteiger partial charge in [0.1, 0.15) is 12.2 Å². The Morgan fingerprint density at radius 2 is 2.27 bits per heavy atom. The Balaban J connectivity index is 0.00000338. The molecule has 2 heterocycles. The fourth-order valence-corrected chi connectivity index (χ4v) is 2.62. The standard InChI is InChI=1S/C16H23F3N4O2.HI/c1-20-15(23(2)10-12-5-8-24-11-12)22-7-9-25-14-13(16(17,18)19)4-3-6-21-14;/h3-4,6,12H,5,7-11H2,1-2H3,(H,20,22);1H. The Bertz CT molecular complexity index is 581. The van der Waals surface area contributed by atoms with Crippen LogP contribution in [0.3, 0.4) is 0 Å². The summed E-state index contributed by atoms with van der Waals surface area (Å²) in [5.41, 5.74) is -0.877. The second-order valence-corrected chi connectivity index (χ2v) is 5.79. The zero-order valence-corrected chi connectivity index (χ0v) is 17.1. The molecule has 0 aromatic carbocycles. The molecule has 6 nitrogen and oxygen atoms in total. The minimum Gasteiger partial charge on any atom is -0.475 e. The first-order valence-corrected chi connectivity index (χ1v) is 8.06. The molecule has 1 fully saturated rings. The molecule has 1 atom stereocenters. The summed E-state index contributed by atoms with van der Waals surface area (Å²) >= 11 is 0. The van der Waals surface area contributed by atoms with Gasteiger partial charge in [0.05, 0.1) is 13.2 Å². The van der Waals surface area contributed by atoms with Crippen molar-refractivity contribution in [3.05, 3.63) is 23.9 Å². The van der Waals surface area contributed by atoms with Gasteiger partial charge in [-0.1, -0.05) is 0 Å². The van der Waals surface area contributed by atoms with Gasteiger partial charge >= 0.3 is 6.18 Å². The van der Waals surface area contributed by atoms with Crippen LogP contribution in [0.4, 0.5) is 13.2 Å². The average molecular weight is 488 g/mol. The lowest BCUT2D eigenvalue weighted by molar-refractivity contribution is -0.139. The van der Waals surface area contributed by atoms with E-state index in [0.29, 0.717) is 18.4 Å². The number of guanidine groups is 1. The topological polar surface area (TPSA) is 59.0 Å². The second-order valence-electron chi connectivity index (χ2n) is 5.79. The Kier molecular flexibility index (Phi) is 9.41. The van der Waals surface area contributed by atoms with E-state index in [9.17, 15) is 13.2 Å². The molecule has 2 rings (SSSR count). The number of nitrogens with zero attached hydrogens (tertiary/aromatic N) is 3. The van der Waals surface area contributed by atoms with Gasteiger partial charge in [-0.25, -0.2) is 4.98 Å². The number of rotatable bonds is 6. The third-order valence-corrected chi connectivity index (χ3v) is 3.83. The predicted octanol–water partition coefficient (Wildman–Crippen LogP) is 2.64. The highest BCUT2D eigenvalue weighted by atomic mass is 127. The molecule has 0 aliphatic carbocycles. The molecule has 1 aromatic heterocycles. The van der Waals surface area contributed by atoms with Gasteiger partial charge in [-0.05, 0) is 18.6 Å². The maximum Gasteiger partial charge on any atom is 0.421 e. The lowest BCUT2D eigenvalue weighted by atomic mass is 10.1. The molecule has 148 valence electrons. The van der Waals surface area contributed by atoms with Crippen LogP contribution in [-0.2, 0) is 10.9 Å². The van der Waals surface area contributed by atoms with Crippen molar-refractivity contribution < 1.29 is 22.6 Å². The van der Waals surface area contributed by atoms with E-state index in [4.69, 9.17) is 9.47 Å². The molecule has 1 unspecified atom stereocenters. The number of halogens is 4. The molecule has 1 N–H and O–H groups in total.